The summed E-state index contributed by atoms with van der Waals surface area (Å²) >= 11 is 0. The van der Waals surface area contributed by atoms with E-state index in [-0.39, 0.29) is 5.41 Å². The van der Waals surface area contributed by atoms with E-state index in [1.54, 1.807) is 0 Å². The molecule has 0 aliphatic carbocycles. The molecule has 2 fully saturated rings. The van der Waals surface area contributed by atoms with E-state index in [0.717, 1.165) is 51.6 Å². The van der Waals surface area contributed by atoms with Crippen molar-refractivity contribution in [3.05, 3.63) is 0 Å². The van der Waals surface area contributed by atoms with Crippen LogP contribution in [-0.4, -0.2) is 43.6 Å². The van der Waals surface area contributed by atoms with Crippen LogP contribution in [0.4, 0.5) is 0 Å². The van der Waals surface area contributed by atoms with Crippen LogP contribution >= 0.6 is 0 Å². The zero-order valence-corrected chi connectivity index (χ0v) is 10.2. The first-order chi connectivity index (χ1) is 7.60. The molecule has 0 aromatic heterocycles. The van der Waals surface area contributed by atoms with E-state index < -0.39 is 0 Å². The molecule has 1 atom stereocenters. The van der Waals surface area contributed by atoms with Crippen LogP contribution in [0.15, 0.2) is 0 Å². The number of ether oxygens (including phenoxy) is 1. The van der Waals surface area contributed by atoms with Crippen LogP contribution in [-0.2, 0) is 4.74 Å². The van der Waals surface area contributed by atoms with E-state index in [2.05, 4.69) is 11.8 Å². The summed E-state index contributed by atoms with van der Waals surface area (Å²) in [5.74, 6) is 1.08. The monoisotopic (exact) mass is 225 g/mol. The molecule has 0 radical (unpaired) electrons. The van der Waals surface area contributed by atoms with Crippen LogP contribution in [0.3, 0.4) is 0 Å². The minimum Gasteiger partial charge on any atom is -0.387 e. The Labute approximate surface area is 97.6 Å². The molecule has 0 bridgehead atoms. The molecule has 2 saturated heterocycles. The summed E-state index contributed by atoms with van der Waals surface area (Å²) in [4.78, 5) is 2.50. The normalized spacial score (nSPS) is 30.4. The lowest BCUT2D eigenvalue weighted by molar-refractivity contribution is 0.129. The Bertz CT molecular complexity index is 253. The van der Waals surface area contributed by atoms with Gasteiger partial charge >= 0.3 is 0 Å². The van der Waals surface area contributed by atoms with Crippen LogP contribution in [0.2, 0.25) is 0 Å². The van der Waals surface area contributed by atoms with Crippen molar-refractivity contribution in [1.29, 1.82) is 5.41 Å². The van der Waals surface area contributed by atoms with Crippen molar-refractivity contribution in [2.75, 3.05) is 32.8 Å². The van der Waals surface area contributed by atoms with Crippen LogP contribution in [0, 0.1) is 16.7 Å². The van der Waals surface area contributed by atoms with Crippen LogP contribution < -0.4 is 5.73 Å². The van der Waals surface area contributed by atoms with E-state index in [1.807, 2.05) is 0 Å². The third-order valence-corrected chi connectivity index (χ3v) is 4.15. The predicted octanol–water partition coefficient (Wildman–Crippen LogP) is 1.06. The first-order valence-corrected chi connectivity index (χ1v) is 6.25. The fraction of sp³-hybridized carbons (Fsp3) is 0.917. The summed E-state index contributed by atoms with van der Waals surface area (Å²) in [7, 11) is 0. The quantitative estimate of drug-likeness (QED) is 0.557. The van der Waals surface area contributed by atoms with Crippen molar-refractivity contribution in [2.45, 2.75) is 26.2 Å². The van der Waals surface area contributed by atoms with Gasteiger partial charge in [0.05, 0.1) is 12.4 Å². The minimum absolute atomic E-state index is 0.0529. The van der Waals surface area contributed by atoms with Crippen LogP contribution in [0.5, 0.6) is 0 Å². The summed E-state index contributed by atoms with van der Waals surface area (Å²) in [6, 6.07) is 0. The van der Waals surface area contributed by atoms with Crippen molar-refractivity contribution in [2.24, 2.45) is 17.1 Å². The van der Waals surface area contributed by atoms with E-state index >= 15 is 0 Å². The van der Waals surface area contributed by atoms with Gasteiger partial charge in [0.1, 0.15) is 0 Å². The van der Waals surface area contributed by atoms with Gasteiger partial charge in [-0.2, -0.15) is 0 Å². The summed E-state index contributed by atoms with van der Waals surface area (Å²) in [5.41, 5.74) is 5.60. The van der Waals surface area contributed by atoms with E-state index in [1.165, 1.54) is 6.42 Å². The Kier molecular flexibility index (Phi) is 3.50. The Morgan fingerprint density at radius 1 is 1.50 bits per heavy atom. The van der Waals surface area contributed by atoms with Gasteiger partial charge in [0, 0.05) is 18.6 Å². The molecule has 0 aromatic rings. The molecule has 4 nitrogen and oxygen atoms in total. The molecule has 2 heterocycles. The lowest BCUT2D eigenvalue weighted by Gasteiger charge is -2.39. The number of nitrogens with zero attached hydrogens (tertiary/aromatic N) is 1. The molecule has 2 aliphatic rings. The number of amidine groups is 1. The molecule has 3 N–H and O–H groups in total. The molecule has 16 heavy (non-hydrogen) atoms. The largest absolute Gasteiger partial charge is 0.387 e. The molecular formula is C12H23N3O. The molecule has 92 valence electrons. The third kappa shape index (κ3) is 2.55. The smallest absolute Gasteiger partial charge is 0.0966 e. The zero-order chi connectivity index (χ0) is 11.6. The maximum atomic E-state index is 7.61. The molecule has 0 amide bonds. The van der Waals surface area contributed by atoms with E-state index in [0.29, 0.717) is 5.84 Å². The highest BCUT2D eigenvalue weighted by molar-refractivity contribution is 5.83. The Morgan fingerprint density at radius 3 is 2.69 bits per heavy atom. The number of rotatable bonds is 3. The van der Waals surface area contributed by atoms with E-state index in [4.69, 9.17) is 15.9 Å². The number of nitrogens with two attached hydrogens (primary N) is 1. The number of hydrogen-bond acceptors (Lipinski definition) is 3. The average molecular weight is 225 g/mol. The lowest BCUT2D eigenvalue weighted by Crippen LogP contribution is -2.46. The number of piperidine rings is 1. The molecular weight excluding hydrogens is 202 g/mol. The molecule has 2 rings (SSSR count). The van der Waals surface area contributed by atoms with Gasteiger partial charge in [0.2, 0.25) is 0 Å². The van der Waals surface area contributed by atoms with Gasteiger partial charge in [-0.3, -0.25) is 5.41 Å². The topological polar surface area (TPSA) is 62.3 Å². The van der Waals surface area contributed by atoms with Gasteiger partial charge in [0.15, 0.2) is 0 Å². The first-order valence-electron chi connectivity index (χ1n) is 6.25. The maximum Gasteiger partial charge on any atom is 0.0966 e. The second-order valence-corrected chi connectivity index (χ2v) is 5.50. The van der Waals surface area contributed by atoms with Gasteiger partial charge in [0.25, 0.3) is 0 Å². The SMILES string of the molecule is CC1(C(=N)N)CCN(CC2CCOC2)CC1. The van der Waals surface area contributed by atoms with Crippen LogP contribution in [0.25, 0.3) is 0 Å². The zero-order valence-electron chi connectivity index (χ0n) is 10.2. The van der Waals surface area contributed by atoms with E-state index in [9.17, 15) is 0 Å². The Hall–Kier alpha value is -0.610. The van der Waals surface area contributed by atoms with Gasteiger partial charge in [-0.25, -0.2) is 0 Å². The second-order valence-electron chi connectivity index (χ2n) is 5.50. The van der Waals surface area contributed by atoms with Crippen molar-refractivity contribution >= 4 is 5.84 Å². The standard InChI is InChI=1S/C12H23N3O/c1-12(11(13)14)3-5-15(6-4-12)8-10-2-7-16-9-10/h10H,2-9H2,1H3,(H3,13,14). The Balaban J connectivity index is 1.78. The molecule has 1 unspecified atom stereocenters. The van der Waals surface area contributed by atoms with Crippen molar-refractivity contribution in [3.8, 4) is 0 Å². The van der Waals surface area contributed by atoms with Gasteiger partial charge < -0.3 is 15.4 Å². The van der Waals surface area contributed by atoms with Gasteiger partial charge in [-0.1, -0.05) is 6.92 Å². The number of hydrogen-bond donors (Lipinski definition) is 2. The molecule has 0 aromatic carbocycles. The van der Waals surface area contributed by atoms with Crippen molar-refractivity contribution in [1.82, 2.24) is 4.90 Å². The maximum absolute atomic E-state index is 7.61. The van der Waals surface area contributed by atoms with Gasteiger partial charge in [-0.05, 0) is 38.3 Å². The predicted molar refractivity (Wildman–Crippen MR) is 64.6 cm³/mol. The molecule has 2 aliphatic heterocycles. The summed E-state index contributed by atoms with van der Waals surface area (Å²) in [6.07, 6.45) is 3.26. The summed E-state index contributed by atoms with van der Waals surface area (Å²) < 4.78 is 5.40. The third-order valence-electron chi connectivity index (χ3n) is 4.15. The second kappa shape index (κ2) is 4.72. The Morgan fingerprint density at radius 2 is 2.19 bits per heavy atom. The number of nitrogens with one attached hydrogen (secondary N) is 1. The average Bonchev–Trinajstić information content (AvgIpc) is 2.74. The molecule has 4 heteroatoms. The highest BCUT2D eigenvalue weighted by Gasteiger charge is 2.33. The van der Waals surface area contributed by atoms with Gasteiger partial charge in [-0.15, -0.1) is 0 Å². The van der Waals surface area contributed by atoms with Crippen molar-refractivity contribution in [3.63, 3.8) is 0 Å². The minimum atomic E-state index is -0.0529. The molecule has 0 spiro atoms. The van der Waals surface area contributed by atoms with Crippen molar-refractivity contribution < 1.29 is 4.74 Å². The highest BCUT2D eigenvalue weighted by Crippen LogP contribution is 2.31. The fourth-order valence-corrected chi connectivity index (χ4v) is 2.59. The highest BCUT2D eigenvalue weighted by atomic mass is 16.5. The number of likely N-dealkylation sites (tertiary alicyclic amines) is 1. The summed E-state index contributed by atoms with van der Waals surface area (Å²) in [5, 5.41) is 7.61. The molecule has 0 saturated carbocycles. The fourth-order valence-electron chi connectivity index (χ4n) is 2.59. The lowest BCUT2D eigenvalue weighted by atomic mass is 9.79. The van der Waals surface area contributed by atoms with Crippen LogP contribution in [0.1, 0.15) is 26.2 Å². The summed E-state index contributed by atoms with van der Waals surface area (Å²) in [6.45, 7) is 7.29. The first kappa shape index (κ1) is 11.9.